The quantitative estimate of drug-likeness (QED) is 0.600. The molecule has 2 aromatic carbocycles. The van der Waals surface area contributed by atoms with Crippen LogP contribution in [0.25, 0.3) is 0 Å². The van der Waals surface area contributed by atoms with E-state index in [0.717, 1.165) is 13.1 Å². The number of amides is 1. The van der Waals surface area contributed by atoms with Crippen LogP contribution in [0.2, 0.25) is 6.82 Å². The highest BCUT2D eigenvalue weighted by Crippen LogP contribution is 2.33. The zero-order valence-corrected chi connectivity index (χ0v) is 21.4. The van der Waals surface area contributed by atoms with Gasteiger partial charge in [-0.25, -0.2) is 0 Å². The van der Waals surface area contributed by atoms with Gasteiger partial charge >= 0.3 is 7.05 Å². The average Bonchev–Trinajstić information content (AvgIpc) is 2.85. The van der Waals surface area contributed by atoms with Crippen molar-refractivity contribution >= 4 is 13.0 Å². The predicted octanol–water partition coefficient (Wildman–Crippen LogP) is 3.27. The van der Waals surface area contributed by atoms with Crippen LogP contribution in [0.5, 0.6) is 0 Å². The molecule has 6 nitrogen and oxygen atoms in total. The molecule has 2 aliphatic heterocycles. The third-order valence-corrected chi connectivity index (χ3v) is 7.87. The Labute approximate surface area is 210 Å². The summed E-state index contributed by atoms with van der Waals surface area (Å²) in [6.07, 6.45) is 1.19. The summed E-state index contributed by atoms with van der Waals surface area (Å²) in [6.45, 7) is 9.59. The summed E-state index contributed by atoms with van der Waals surface area (Å²) in [4.78, 5) is 20.0. The summed E-state index contributed by atoms with van der Waals surface area (Å²) < 4.78 is 0. The molecule has 35 heavy (non-hydrogen) atoms. The Morgan fingerprint density at radius 1 is 0.971 bits per heavy atom. The highest BCUT2D eigenvalue weighted by molar-refractivity contribution is 6.45. The molecule has 2 aliphatic rings. The van der Waals surface area contributed by atoms with Crippen LogP contribution < -0.4 is 0 Å². The monoisotopic (exact) mass is 477 g/mol. The number of piperidine rings is 1. The van der Waals surface area contributed by atoms with Crippen molar-refractivity contribution in [3.05, 3.63) is 71.8 Å². The smallest absolute Gasteiger partial charge is 0.376 e. The van der Waals surface area contributed by atoms with Gasteiger partial charge in [0.1, 0.15) is 0 Å². The summed E-state index contributed by atoms with van der Waals surface area (Å²) in [6, 6.07) is 21.5. The van der Waals surface area contributed by atoms with E-state index < -0.39 is 12.7 Å². The maximum Gasteiger partial charge on any atom is 0.376 e. The van der Waals surface area contributed by atoms with E-state index in [9.17, 15) is 14.9 Å². The lowest BCUT2D eigenvalue weighted by Crippen LogP contribution is -2.59. The average molecular weight is 477 g/mol. The second kappa shape index (κ2) is 11.3. The van der Waals surface area contributed by atoms with E-state index >= 15 is 0 Å². The van der Waals surface area contributed by atoms with Gasteiger partial charge in [0.2, 0.25) is 5.91 Å². The van der Waals surface area contributed by atoms with Crippen LogP contribution in [0.4, 0.5) is 0 Å². The molecule has 0 spiro atoms. The topological polar surface area (TPSA) is 67.2 Å². The molecule has 2 heterocycles. The minimum atomic E-state index is -0.988. The Bertz CT molecular complexity index is 909. The maximum atomic E-state index is 13.5. The largest absolute Gasteiger partial charge is 0.437 e. The molecule has 0 bridgehead atoms. The van der Waals surface area contributed by atoms with Crippen molar-refractivity contribution in [2.24, 2.45) is 5.92 Å². The molecular formula is C28H40BN3O3. The molecule has 2 aromatic rings. The number of nitrogens with zero attached hydrogens (tertiary/aromatic N) is 3. The molecule has 0 aromatic heterocycles. The highest BCUT2D eigenvalue weighted by atomic mass is 16.3. The predicted molar refractivity (Wildman–Crippen MR) is 141 cm³/mol. The lowest BCUT2D eigenvalue weighted by Gasteiger charge is -2.47. The molecule has 2 saturated heterocycles. The summed E-state index contributed by atoms with van der Waals surface area (Å²) in [5.41, 5.74) is 1.54. The van der Waals surface area contributed by atoms with Gasteiger partial charge in [-0.3, -0.25) is 9.69 Å². The van der Waals surface area contributed by atoms with E-state index in [0.29, 0.717) is 38.4 Å². The van der Waals surface area contributed by atoms with E-state index in [1.165, 1.54) is 11.1 Å². The van der Waals surface area contributed by atoms with Crippen LogP contribution in [0, 0.1) is 5.92 Å². The van der Waals surface area contributed by atoms with Crippen LogP contribution in [-0.2, 0) is 4.79 Å². The van der Waals surface area contributed by atoms with E-state index in [2.05, 4.69) is 79.4 Å². The molecule has 1 amide bonds. The minimum absolute atomic E-state index is 0.0484. The third-order valence-electron chi connectivity index (χ3n) is 7.87. The number of benzene rings is 2. The number of hydrogen-bond donors (Lipinski definition) is 2. The molecule has 1 atom stereocenters. The van der Waals surface area contributed by atoms with Gasteiger partial charge < -0.3 is 19.8 Å². The second-order valence-corrected chi connectivity index (χ2v) is 10.7. The summed E-state index contributed by atoms with van der Waals surface area (Å²) in [5, 5.41) is 21.0. The SMILES string of the molecule is CB(O)N1CCC(O)(CC(=O)N2CCN(C(c3ccccc3)c3ccccc3)C[C@@H]2C(C)C)CC1. The Morgan fingerprint density at radius 2 is 1.51 bits per heavy atom. The minimum Gasteiger partial charge on any atom is -0.437 e. The molecule has 0 saturated carbocycles. The van der Waals surface area contributed by atoms with Gasteiger partial charge in [0, 0.05) is 25.7 Å². The molecule has 188 valence electrons. The van der Waals surface area contributed by atoms with E-state index in [1.807, 2.05) is 9.71 Å². The second-order valence-electron chi connectivity index (χ2n) is 10.7. The Kier molecular flexibility index (Phi) is 8.32. The molecule has 2 N–H and O–H groups in total. The first-order chi connectivity index (χ1) is 16.8. The van der Waals surface area contributed by atoms with Crippen molar-refractivity contribution in [1.82, 2.24) is 14.6 Å². The van der Waals surface area contributed by atoms with Crippen molar-refractivity contribution in [2.45, 2.75) is 57.6 Å². The van der Waals surface area contributed by atoms with Gasteiger partial charge in [-0.15, -0.1) is 0 Å². The standard InChI is InChI=1S/C28H40BN3O3/c1-22(2)25-21-30(27(23-10-6-4-7-11-23)24-12-8-5-9-13-24)18-19-32(25)26(33)20-28(34)14-16-31(17-15-28)29(3)35/h4-13,22,25,27,34-35H,14-21H2,1-3H3/t25-/m1/s1. The number of aliphatic hydroxyl groups is 1. The van der Waals surface area contributed by atoms with Gasteiger partial charge in [-0.2, -0.15) is 0 Å². The summed E-state index contributed by atoms with van der Waals surface area (Å²) in [7, 11) is -0.518. The molecular weight excluding hydrogens is 437 g/mol. The molecule has 2 fully saturated rings. The van der Waals surface area contributed by atoms with Crippen LogP contribution in [0.1, 0.15) is 50.3 Å². The Balaban J connectivity index is 1.49. The molecule has 0 aliphatic carbocycles. The van der Waals surface area contributed by atoms with Crippen LogP contribution >= 0.6 is 0 Å². The van der Waals surface area contributed by atoms with Gasteiger partial charge in [-0.05, 0) is 49.8 Å². The summed E-state index contributed by atoms with van der Waals surface area (Å²) in [5.74, 6) is 0.355. The van der Waals surface area contributed by atoms with Gasteiger partial charge in [0.05, 0.1) is 18.1 Å². The lowest BCUT2D eigenvalue weighted by atomic mass is 9.78. The first-order valence-electron chi connectivity index (χ1n) is 13.1. The zero-order chi connectivity index (χ0) is 25.0. The van der Waals surface area contributed by atoms with Crippen molar-refractivity contribution < 1.29 is 14.9 Å². The first-order valence-corrected chi connectivity index (χ1v) is 13.1. The van der Waals surface area contributed by atoms with Crippen LogP contribution in [0.3, 0.4) is 0 Å². The van der Waals surface area contributed by atoms with Crippen molar-refractivity contribution in [2.75, 3.05) is 32.7 Å². The van der Waals surface area contributed by atoms with Gasteiger partial charge in [-0.1, -0.05) is 74.5 Å². The van der Waals surface area contributed by atoms with E-state index in [-0.39, 0.29) is 24.4 Å². The fourth-order valence-electron chi connectivity index (χ4n) is 5.71. The Hall–Kier alpha value is -2.19. The summed E-state index contributed by atoms with van der Waals surface area (Å²) >= 11 is 0. The molecule has 7 heteroatoms. The highest BCUT2D eigenvalue weighted by Gasteiger charge is 2.41. The zero-order valence-electron chi connectivity index (χ0n) is 21.4. The molecule has 0 unspecified atom stereocenters. The number of hydrogen-bond acceptors (Lipinski definition) is 5. The number of piperazine rings is 1. The van der Waals surface area contributed by atoms with Crippen molar-refractivity contribution in [1.29, 1.82) is 0 Å². The number of rotatable bonds is 7. The third kappa shape index (κ3) is 6.15. The van der Waals surface area contributed by atoms with Gasteiger partial charge in [0.25, 0.3) is 0 Å². The number of carbonyl (C=O) groups is 1. The fourth-order valence-corrected chi connectivity index (χ4v) is 5.71. The number of carbonyl (C=O) groups excluding carboxylic acids is 1. The van der Waals surface area contributed by atoms with Crippen LogP contribution in [-0.4, -0.2) is 82.1 Å². The van der Waals surface area contributed by atoms with Gasteiger partial charge in [0.15, 0.2) is 0 Å². The maximum absolute atomic E-state index is 13.5. The molecule has 0 radical (unpaired) electrons. The Morgan fingerprint density at radius 3 is 2.00 bits per heavy atom. The van der Waals surface area contributed by atoms with E-state index in [1.54, 1.807) is 6.82 Å². The fraction of sp³-hybridized carbons (Fsp3) is 0.536. The van der Waals surface area contributed by atoms with E-state index in [4.69, 9.17) is 0 Å². The molecule has 4 rings (SSSR count). The van der Waals surface area contributed by atoms with Crippen molar-refractivity contribution in [3.63, 3.8) is 0 Å². The van der Waals surface area contributed by atoms with Crippen molar-refractivity contribution in [3.8, 4) is 0 Å². The lowest BCUT2D eigenvalue weighted by molar-refractivity contribution is -0.144. The van der Waals surface area contributed by atoms with Crippen LogP contribution in [0.15, 0.2) is 60.7 Å². The first kappa shape index (κ1) is 25.9. The normalized spacial score (nSPS) is 21.5.